The van der Waals surface area contributed by atoms with Crippen LogP contribution in [0.4, 0.5) is 0 Å². The Balaban J connectivity index is 4.19. The van der Waals surface area contributed by atoms with Crippen LogP contribution >= 0.6 is 23.5 Å². The van der Waals surface area contributed by atoms with Crippen LogP contribution < -0.4 is 11.1 Å². The van der Waals surface area contributed by atoms with E-state index >= 15 is 0 Å². The van der Waals surface area contributed by atoms with Gasteiger partial charge in [0.15, 0.2) is 5.71 Å². The Bertz CT molecular complexity index is 160. The number of hydrogen-bond donors (Lipinski definition) is 2. The highest BCUT2D eigenvalue weighted by molar-refractivity contribution is 8.00. The van der Waals surface area contributed by atoms with Crippen molar-refractivity contribution < 1.29 is 5.41 Å². The van der Waals surface area contributed by atoms with E-state index in [2.05, 4.69) is 26.4 Å². The van der Waals surface area contributed by atoms with Crippen LogP contribution in [0.25, 0.3) is 0 Å². The summed E-state index contributed by atoms with van der Waals surface area (Å²) in [5, 5.41) is 6.41. The maximum atomic E-state index is 6.02. The van der Waals surface area contributed by atoms with Gasteiger partial charge in [0.1, 0.15) is 0 Å². The van der Waals surface area contributed by atoms with Gasteiger partial charge in [0.2, 0.25) is 0 Å². The molecule has 78 valence electrons. The van der Waals surface area contributed by atoms with Gasteiger partial charge >= 0.3 is 0 Å². The topological polar surface area (TPSA) is 51.6 Å². The lowest BCUT2D eigenvalue weighted by Crippen LogP contribution is -2.57. The summed E-state index contributed by atoms with van der Waals surface area (Å²) < 4.78 is 0. The molecule has 0 aromatic heterocycles. The van der Waals surface area contributed by atoms with Gasteiger partial charge in [-0.2, -0.15) is 23.5 Å². The van der Waals surface area contributed by atoms with Crippen molar-refractivity contribution in [2.45, 2.75) is 25.1 Å². The summed E-state index contributed by atoms with van der Waals surface area (Å²) in [6.45, 7) is 4.36. The molecule has 4 heteroatoms. The lowest BCUT2D eigenvalue weighted by Gasteiger charge is -2.19. The van der Waals surface area contributed by atoms with Crippen LogP contribution in [0.2, 0.25) is 0 Å². The lowest BCUT2D eigenvalue weighted by molar-refractivity contribution is -0.119. The van der Waals surface area contributed by atoms with Crippen LogP contribution in [0.5, 0.6) is 0 Å². The molecular weight excluding hydrogens is 200 g/mol. The summed E-state index contributed by atoms with van der Waals surface area (Å²) >= 11 is 3.53. The van der Waals surface area contributed by atoms with E-state index in [1.54, 1.807) is 23.5 Å². The zero-order valence-electron chi connectivity index (χ0n) is 8.91. The van der Waals surface area contributed by atoms with E-state index in [-0.39, 0.29) is 6.04 Å². The Kier molecular flexibility index (Phi) is 6.91. The maximum absolute atomic E-state index is 6.02. The average Bonchev–Trinajstić information content (AvgIpc) is 2.05. The summed E-state index contributed by atoms with van der Waals surface area (Å²) in [6.07, 6.45) is 4.14. The molecule has 0 amide bonds. The van der Waals surface area contributed by atoms with Gasteiger partial charge in [-0.05, 0) is 18.4 Å². The minimum atomic E-state index is 0.0369. The zero-order valence-corrected chi connectivity index (χ0v) is 10.5. The molecule has 13 heavy (non-hydrogen) atoms. The lowest BCUT2D eigenvalue weighted by atomic mass is 10.0. The Hall–Kier alpha value is 0.330. The third-order valence-electron chi connectivity index (χ3n) is 1.96. The highest BCUT2D eigenvalue weighted by Crippen LogP contribution is 2.18. The van der Waals surface area contributed by atoms with Gasteiger partial charge in [-0.25, -0.2) is 0 Å². The molecule has 0 aliphatic rings. The molecular formula is C9H21N2S2+. The zero-order chi connectivity index (χ0) is 10.4. The van der Waals surface area contributed by atoms with Crippen LogP contribution in [0.15, 0.2) is 0 Å². The summed E-state index contributed by atoms with van der Waals surface area (Å²) in [4.78, 5) is 0. The van der Waals surface area contributed by atoms with Crippen LogP contribution in [-0.4, -0.2) is 35.3 Å². The molecule has 0 radical (unpaired) electrons. The third kappa shape index (κ3) is 4.38. The van der Waals surface area contributed by atoms with Gasteiger partial charge in [0.25, 0.3) is 0 Å². The molecule has 0 aromatic rings. The average molecular weight is 221 g/mol. The Labute approximate surface area is 89.9 Å². The van der Waals surface area contributed by atoms with E-state index in [0.29, 0.717) is 11.2 Å². The third-order valence-corrected chi connectivity index (χ3v) is 3.98. The standard InChI is InChI=1S/C9H20N2S2/c1-6(2)9(13-4)8(11)7(10)5-12-3/h6-7,9,11H,5,10H2,1-4H3/p+1. The van der Waals surface area contributed by atoms with E-state index in [9.17, 15) is 0 Å². The second-order valence-electron chi connectivity index (χ2n) is 3.46. The first-order valence-electron chi connectivity index (χ1n) is 4.44. The summed E-state index contributed by atoms with van der Waals surface area (Å²) in [5.74, 6) is 1.47. The van der Waals surface area contributed by atoms with Crippen molar-refractivity contribution in [2.24, 2.45) is 11.7 Å². The predicted molar refractivity (Wildman–Crippen MR) is 65.4 cm³/mol. The number of rotatable bonds is 6. The fourth-order valence-corrected chi connectivity index (χ4v) is 2.82. The Morgan fingerprint density at radius 2 is 1.92 bits per heavy atom. The highest BCUT2D eigenvalue weighted by atomic mass is 32.2. The molecule has 0 heterocycles. The quantitative estimate of drug-likeness (QED) is 0.633. The van der Waals surface area contributed by atoms with Crippen molar-refractivity contribution in [3.05, 3.63) is 0 Å². The number of thioether (sulfide) groups is 2. The molecule has 2 unspecified atom stereocenters. The fourth-order valence-electron chi connectivity index (χ4n) is 1.28. The molecule has 0 saturated heterocycles. The summed E-state index contributed by atoms with van der Waals surface area (Å²) in [7, 11) is 0. The Morgan fingerprint density at radius 1 is 1.38 bits per heavy atom. The smallest absolute Gasteiger partial charge is 0.180 e. The first kappa shape index (κ1) is 13.3. The van der Waals surface area contributed by atoms with E-state index < -0.39 is 0 Å². The van der Waals surface area contributed by atoms with Crippen molar-refractivity contribution in [1.29, 1.82) is 0 Å². The van der Waals surface area contributed by atoms with E-state index in [1.807, 2.05) is 0 Å². The van der Waals surface area contributed by atoms with Crippen LogP contribution in [0, 0.1) is 5.92 Å². The normalized spacial score (nSPS) is 15.8. The molecule has 0 spiro atoms. The van der Waals surface area contributed by atoms with Crippen LogP contribution in [-0.2, 0) is 0 Å². The molecule has 4 N–H and O–H groups in total. The van der Waals surface area contributed by atoms with Crippen molar-refractivity contribution in [3.8, 4) is 0 Å². The van der Waals surface area contributed by atoms with Gasteiger partial charge < -0.3 is 5.73 Å². The van der Waals surface area contributed by atoms with Gasteiger partial charge in [0, 0.05) is 5.75 Å². The molecule has 2 atom stereocenters. The minimum absolute atomic E-state index is 0.0369. The van der Waals surface area contributed by atoms with Gasteiger partial charge in [0.05, 0.1) is 11.3 Å². The van der Waals surface area contributed by atoms with E-state index in [0.717, 1.165) is 11.5 Å². The SMILES string of the molecule is CSCC(N)C(=[NH2+])C(SC)C(C)C. The first-order chi connectivity index (χ1) is 6.04. The second-order valence-corrected chi connectivity index (χ2v) is 5.35. The fraction of sp³-hybridized carbons (Fsp3) is 0.889. The molecule has 0 aliphatic heterocycles. The van der Waals surface area contributed by atoms with Crippen molar-refractivity contribution >= 4 is 29.2 Å². The second kappa shape index (κ2) is 6.74. The Morgan fingerprint density at radius 3 is 2.23 bits per heavy atom. The molecule has 0 aliphatic carbocycles. The molecule has 0 bridgehead atoms. The number of nitrogens with two attached hydrogens (primary N) is 2. The minimum Gasteiger partial charge on any atom is -0.319 e. The summed E-state index contributed by atoms with van der Waals surface area (Å²) in [5.41, 5.74) is 6.89. The largest absolute Gasteiger partial charge is 0.319 e. The van der Waals surface area contributed by atoms with E-state index in [4.69, 9.17) is 11.1 Å². The monoisotopic (exact) mass is 221 g/mol. The van der Waals surface area contributed by atoms with Crippen molar-refractivity contribution in [1.82, 2.24) is 0 Å². The first-order valence-corrected chi connectivity index (χ1v) is 7.12. The maximum Gasteiger partial charge on any atom is 0.180 e. The van der Waals surface area contributed by atoms with Gasteiger partial charge in [-0.3, -0.25) is 5.41 Å². The van der Waals surface area contributed by atoms with Gasteiger partial charge in [-0.1, -0.05) is 13.8 Å². The molecule has 0 fully saturated rings. The predicted octanol–water partition coefficient (Wildman–Crippen LogP) is 0.264. The number of hydrogen-bond acceptors (Lipinski definition) is 3. The summed E-state index contributed by atoms with van der Waals surface area (Å²) in [6, 6.07) is 0.0369. The molecule has 0 saturated carbocycles. The van der Waals surface area contributed by atoms with Gasteiger partial charge in [-0.15, -0.1) is 0 Å². The molecule has 2 nitrogen and oxygen atoms in total. The van der Waals surface area contributed by atoms with Crippen LogP contribution in [0.1, 0.15) is 13.8 Å². The highest BCUT2D eigenvalue weighted by Gasteiger charge is 2.26. The molecule has 0 rings (SSSR count). The van der Waals surface area contributed by atoms with E-state index in [1.165, 1.54) is 0 Å². The molecule has 0 aromatic carbocycles. The van der Waals surface area contributed by atoms with Crippen molar-refractivity contribution in [3.63, 3.8) is 0 Å². The van der Waals surface area contributed by atoms with Crippen LogP contribution in [0.3, 0.4) is 0 Å². The van der Waals surface area contributed by atoms with Crippen molar-refractivity contribution in [2.75, 3.05) is 18.3 Å².